The molecule has 1 heterocycles. The van der Waals surface area contributed by atoms with E-state index in [1.807, 2.05) is 0 Å². The number of aliphatic hydroxyl groups excluding tert-OH is 1. The predicted octanol–water partition coefficient (Wildman–Crippen LogP) is 1.05. The molecule has 2 N–H and O–H groups in total. The Kier molecular flexibility index (Phi) is 4.31. The first-order valence-corrected chi connectivity index (χ1v) is 6.23. The van der Waals surface area contributed by atoms with Crippen LogP contribution in [0, 0.1) is 10.1 Å². The Morgan fingerprint density at radius 2 is 2.20 bits per heavy atom. The van der Waals surface area contributed by atoms with Crippen molar-refractivity contribution in [3.8, 4) is 0 Å². The molecule has 7 heteroatoms. The molecule has 0 aliphatic rings. The van der Waals surface area contributed by atoms with Crippen LogP contribution in [-0.2, 0) is 11.3 Å². The summed E-state index contributed by atoms with van der Waals surface area (Å²) >= 11 is 0. The maximum atomic E-state index is 11.7. The molecule has 0 saturated heterocycles. The second-order valence-corrected chi connectivity index (χ2v) is 4.34. The number of aromatic nitrogens is 1. The van der Waals surface area contributed by atoms with Gasteiger partial charge in [-0.1, -0.05) is 6.07 Å². The SMILES string of the molecule is O=C(Cn1ccc2c([N+](=O)[O-])cccc21)NCCCO. The molecular formula is C13H15N3O4. The van der Waals surface area contributed by atoms with Crippen molar-refractivity contribution in [3.05, 3.63) is 40.6 Å². The number of amides is 1. The number of carbonyl (C=O) groups is 1. The third-order valence-electron chi connectivity index (χ3n) is 2.96. The van der Waals surface area contributed by atoms with E-state index in [-0.39, 0.29) is 24.7 Å². The molecule has 0 aliphatic carbocycles. The van der Waals surface area contributed by atoms with Crippen LogP contribution in [0.4, 0.5) is 5.69 Å². The smallest absolute Gasteiger partial charge is 0.278 e. The highest BCUT2D eigenvalue weighted by Crippen LogP contribution is 2.26. The van der Waals surface area contributed by atoms with E-state index in [9.17, 15) is 14.9 Å². The summed E-state index contributed by atoms with van der Waals surface area (Å²) < 4.78 is 1.66. The van der Waals surface area contributed by atoms with Gasteiger partial charge in [0, 0.05) is 25.4 Å². The van der Waals surface area contributed by atoms with Crippen LogP contribution in [0.3, 0.4) is 0 Å². The Morgan fingerprint density at radius 1 is 1.40 bits per heavy atom. The van der Waals surface area contributed by atoms with E-state index in [0.29, 0.717) is 23.9 Å². The van der Waals surface area contributed by atoms with E-state index in [1.165, 1.54) is 6.07 Å². The normalized spacial score (nSPS) is 10.7. The molecule has 1 aromatic carbocycles. The van der Waals surface area contributed by atoms with Crippen molar-refractivity contribution in [3.63, 3.8) is 0 Å². The van der Waals surface area contributed by atoms with Gasteiger partial charge >= 0.3 is 0 Å². The van der Waals surface area contributed by atoms with Gasteiger partial charge in [-0.3, -0.25) is 14.9 Å². The number of benzene rings is 1. The Hall–Kier alpha value is -2.41. The lowest BCUT2D eigenvalue weighted by Gasteiger charge is -2.06. The molecule has 0 atom stereocenters. The first-order valence-electron chi connectivity index (χ1n) is 6.23. The molecule has 20 heavy (non-hydrogen) atoms. The van der Waals surface area contributed by atoms with Crippen LogP contribution in [0.25, 0.3) is 10.9 Å². The molecule has 0 bridgehead atoms. The first kappa shape index (κ1) is 14.0. The molecule has 7 nitrogen and oxygen atoms in total. The zero-order valence-corrected chi connectivity index (χ0v) is 10.8. The van der Waals surface area contributed by atoms with Crippen molar-refractivity contribution in [2.24, 2.45) is 0 Å². The van der Waals surface area contributed by atoms with Gasteiger partial charge in [0.2, 0.25) is 5.91 Å². The van der Waals surface area contributed by atoms with E-state index in [0.717, 1.165) is 0 Å². The van der Waals surface area contributed by atoms with Gasteiger partial charge in [0.25, 0.3) is 5.69 Å². The molecule has 0 unspecified atom stereocenters. The van der Waals surface area contributed by atoms with Gasteiger partial charge in [-0.25, -0.2) is 0 Å². The highest BCUT2D eigenvalue weighted by atomic mass is 16.6. The number of nitro benzene ring substituents is 1. The van der Waals surface area contributed by atoms with E-state index in [2.05, 4.69) is 5.32 Å². The maximum absolute atomic E-state index is 11.7. The summed E-state index contributed by atoms with van der Waals surface area (Å²) in [5.74, 6) is -0.192. The van der Waals surface area contributed by atoms with Crippen LogP contribution in [0.15, 0.2) is 30.5 Å². The molecule has 0 fully saturated rings. The largest absolute Gasteiger partial charge is 0.396 e. The average Bonchev–Trinajstić information content (AvgIpc) is 2.82. The quantitative estimate of drug-likeness (QED) is 0.468. The van der Waals surface area contributed by atoms with Crippen LogP contribution in [0.2, 0.25) is 0 Å². The van der Waals surface area contributed by atoms with E-state index in [4.69, 9.17) is 5.11 Å². The fourth-order valence-corrected chi connectivity index (χ4v) is 2.02. The zero-order valence-electron chi connectivity index (χ0n) is 10.8. The number of fused-ring (bicyclic) bond motifs is 1. The van der Waals surface area contributed by atoms with Crippen LogP contribution in [0.5, 0.6) is 0 Å². The Balaban J connectivity index is 2.17. The third-order valence-corrected chi connectivity index (χ3v) is 2.96. The fourth-order valence-electron chi connectivity index (χ4n) is 2.02. The minimum Gasteiger partial charge on any atom is -0.396 e. The highest BCUT2D eigenvalue weighted by molar-refractivity contribution is 5.90. The van der Waals surface area contributed by atoms with Gasteiger partial charge in [0.15, 0.2) is 0 Å². The van der Waals surface area contributed by atoms with Crippen molar-refractivity contribution in [1.82, 2.24) is 9.88 Å². The van der Waals surface area contributed by atoms with Gasteiger partial charge in [0.05, 0.1) is 15.8 Å². The van der Waals surface area contributed by atoms with Crippen LogP contribution < -0.4 is 5.32 Å². The summed E-state index contributed by atoms with van der Waals surface area (Å²) in [6.45, 7) is 0.531. The lowest BCUT2D eigenvalue weighted by atomic mass is 10.2. The van der Waals surface area contributed by atoms with Crippen LogP contribution in [-0.4, -0.2) is 33.7 Å². The number of aliphatic hydroxyl groups is 1. The van der Waals surface area contributed by atoms with E-state index >= 15 is 0 Å². The van der Waals surface area contributed by atoms with Crippen LogP contribution in [0.1, 0.15) is 6.42 Å². The summed E-state index contributed by atoms with van der Waals surface area (Å²) in [6, 6.07) is 6.41. The minimum absolute atomic E-state index is 0.0267. The third kappa shape index (κ3) is 2.94. The number of non-ortho nitro benzene ring substituents is 1. The number of rotatable bonds is 6. The molecule has 1 aromatic heterocycles. The minimum atomic E-state index is -0.437. The number of nitrogens with zero attached hydrogens (tertiary/aromatic N) is 2. The monoisotopic (exact) mass is 277 g/mol. The average molecular weight is 277 g/mol. The predicted molar refractivity (Wildman–Crippen MR) is 73.3 cm³/mol. The molecular weight excluding hydrogens is 262 g/mol. The van der Waals surface area contributed by atoms with Gasteiger partial charge in [-0.15, -0.1) is 0 Å². The number of nitrogens with one attached hydrogen (secondary N) is 1. The summed E-state index contributed by atoms with van der Waals surface area (Å²) in [4.78, 5) is 22.2. The van der Waals surface area contributed by atoms with Gasteiger partial charge < -0.3 is 15.0 Å². The Morgan fingerprint density at radius 3 is 2.90 bits per heavy atom. The molecule has 0 aliphatic heterocycles. The summed E-state index contributed by atoms with van der Waals surface area (Å²) in [6.07, 6.45) is 2.16. The molecule has 2 aromatic rings. The lowest BCUT2D eigenvalue weighted by molar-refractivity contribution is -0.383. The molecule has 2 rings (SSSR count). The molecule has 1 amide bonds. The first-order chi connectivity index (χ1) is 9.63. The number of carbonyl (C=O) groups excluding carboxylic acids is 1. The van der Waals surface area contributed by atoms with Crippen molar-refractivity contribution in [2.75, 3.05) is 13.2 Å². The molecule has 0 spiro atoms. The van der Waals surface area contributed by atoms with Gasteiger partial charge in [-0.2, -0.15) is 0 Å². The summed E-state index contributed by atoms with van der Waals surface area (Å²) in [7, 11) is 0. The number of hydrogen-bond donors (Lipinski definition) is 2. The summed E-state index contributed by atoms with van der Waals surface area (Å²) in [5.41, 5.74) is 0.679. The van der Waals surface area contributed by atoms with Crippen molar-refractivity contribution in [1.29, 1.82) is 0 Å². The molecule has 0 radical (unpaired) electrons. The van der Waals surface area contributed by atoms with Crippen LogP contribution >= 0.6 is 0 Å². The second-order valence-electron chi connectivity index (χ2n) is 4.34. The molecule has 106 valence electrons. The van der Waals surface area contributed by atoms with E-state index < -0.39 is 4.92 Å². The molecule has 0 saturated carbocycles. The number of nitro groups is 1. The second kappa shape index (κ2) is 6.16. The van der Waals surface area contributed by atoms with Gasteiger partial charge in [0.1, 0.15) is 6.54 Å². The van der Waals surface area contributed by atoms with Crippen molar-refractivity contribution >= 4 is 22.5 Å². The Labute approximate surface area is 115 Å². The summed E-state index contributed by atoms with van der Waals surface area (Å²) in [5, 5.41) is 22.7. The highest BCUT2D eigenvalue weighted by Gasteiger charge is 2.14. The topological polar surface area (TPSA) is 97.4 Å². The number of hydrogen-bond acceptors (Lipinski definition) is 4. The van der Waals surface area contributed by atoms with Crippen molar-refractivity contribution in [2.45, 2.75) is 13.0 Å². The Bertz CT molecular complexity index is 636. The van der Waals surface area contributed by atoms with Crippen molar-refractivity contribution < 1.29 is 14.8 Å². The fraction of sp³-hybridized carbons (Fsp3) is 0.308. The maximum Gasteiger partial charge on any atom is 0.278 e. The standard InChI is InChI=1S/C13H15N3O4/c17-8-2-6-14-13(18)9-15-7-5-10-11(15)3-1-4-12(10)16(19)20/h1,3-5,7,17H,2,6,8-9H2,(H,14,18). The zero-order chi connectivity index (χ0) is 14.5. The van der Waals surface area contributed by atoms with E-state index in [1.54, 1.807) is 29.0 Å². The van der Waals surface area contributed by atoms with Gasteiger partial charge in [-0.05, 0) is 18.6 Å². The lowest BCUT2D eigenvalue weighted by Crippen LogP contribution is -2.28.